The lowest BCUT2D eigenvalue weighted by Gasteiger charge is -2.27. The fraction of sp³-hybridized carbons (Fsp3) is 0.429. The van der Waals surface area contributed by atoms with Gasteiger partial charge in [-0.3, -0.25) is 0 Å². The Hall–Kier alpha value is -2.08. The third-order valence-electron chi connectivity index (χ3n) is 6.17. The van der Waals surface area contributed by atoms with Crippen LogP contribution in [-0.2, 0) is 36.5 Å². The minimum atomic E-state index is 0.160. The molecule has 1 aliphatic rings. The van der Waals surface area contributed by atoms with Gasteiger partial charge in [0.05, 0.1) is 0 Å². The maximum atomic E-state index is 4.15. The first kappa shape index (κ1) is 20.6. The maximum Gasteiger partial charge on any atom is -0.0132 e. The highest BCUT2D eigenvalue weighted by Gasteiger charge is 2.22. The van der Waals surface area contributed by atoms with Gasteiger partial charge in [-0.05, 0) is 81.0 Å². The lowest BCUT2D eigenvalue weighted by Crippen LogP contribution is -2.16. The minimum Gasteiger partial charge on any atom is -0.0984 e. The van der Waals surface area contributed by atoms with E-state index in [9.17, 15) is 0 Å². The molecule has 0 atom stereocenters. The molecule has 0 unspecified atom stereocenters. The molecular weight excluding hydrogens is 336 g/mol. The predicted octanol–water partition coefficient (Wildman–Crippen LogP) is 7.45. The van der Waals surface area contributed by atoms with E-state index in [0.717, 1.165) is 25.7 Å². The number of aryl methyl sites for hydroxylation is 4. The van der Waals surface area contributed by atoms with Crippen molar-refractivity contribution in [3.05, 3.63) is 81.9 Å². The number of benzene rings is 2. The topological polar surface area (TPSA) is 0 Å². The molecular formula is C28H36. The number of hydrogen-bond donors (Lipinski definition) is 0. The summed E-state index contributed by atoms with van der Waals surface area (Å²) in [6.45, 7) is 22.1. The Morgan fingerprint density at radius 3 is 1.00 bits per heavy atom. The van der Waals surface area contributed by atoms with Crippen LogP contribution in [0.15, 0.2) is 37.4 Å². The van der Waals surface area contributed by atoms with Crippen LogP contribution in [0.2, 0.25) is 0 Å². The van der Waals surface area contributed by atoms with Crippen LogP contribution < -0.4 is 0 Å². The lowest BCUT2D eigenvalue weighted by atomic mass is 9.78. The number of rotatable bonds is 2. The molecule has 0 saturated carbocycles. The van der Waals surface area contributed by atoms with Crippen molar-refractivity contribution in [3.8, 4) is 0 Å². The van der Waals surface area contributed by atoms with E-state index in [1.165, 1.54) is 44.5 Å². The van der Waals surface area contributed by atoms with Crippen molar-refractivity contribution in [2.24, 2.45) is 0 Å². The van der Waals surface area contributed by atoms with Crippen molar-refractivity contribution in [1.82, 2.24) is 0 Å². The summed E-state index contributed by atoms with van der Waals surface area (Å²) in [5, 5.41) is 0. The molecule has 0 amide bonds. The van der Waals surface area contributed by atoms with Gasteiger partial charge in [-0.2, -0.15) is 0 Å². The first-order valence-electron chi connectivity index (χ1n) is 10.6. The highest BCUT2D eigenvalue weighted by Crippen LogP contribution is 2.34. The molecule has 0 nitrogen and oxygen atoms in total. The van der Waals surface area contributed by atoms with Crippen molar-refractivity contribution < 1.29 is 0 Å². The summed E-state index contributed by atoms with van der Waals surface area (Å²) in [5.41, 5.74) is 11.7. The van der Waals surface area contributed by atoms with E-state index in [4.69, 9.17) is 0 Å². The highest BCUT2D eigenvalue weighted by molar-refractivity contribution is 5.62. The Morgan fingerprint density at radius 2 is 0.821 bits per heavy atom. The van der Waals surface area contributed by atoms with Gasteiger partial charge in [-0.15, -0.1) is 0 Å². The average Bonchev–Trinajstić information content (AvgIpc) is 2.61. The Labute approximate surface area is 172 Å². The molecule has 0 aromatic heterocycles. The van der Waals surface area contributed by atoms with E-state index in [1.807, 2.05) is 0 Å². The van der Waals surface area contributed by atoms with Crippen LogP contribution >= 0.6 is 0 Å². The zero-order valence-electron chi connectivity index (χ0n) is 18.7. The van der Waals surface area contributed by atoms with Crippen molar-refractivity contribution in [1.29, 1.82) is 0 Å². The summed E-state index contributed by atoms with van der Waals surface area (Å²) in [4.78, 5) is 0. The van der Waals surface area contributed by atoms with Gasteiger partial charge in [0.25, 0.3) is 0 Å². The van der Waals surface area contributed by atoms with Gasteiger partial charge in [0, 0.05) is 0 Å². The second kappa shape index (κ2) is 7.39. The first-order chi connectivity index (χ1) is 13.0. The van der Waals surface area contributed by atoms with Crippen LogP contribution in [0, 0.1) is 0 Å². The zero-order chi connectivity index (χ0) is 20.7. The minimum absolute atomic E-state index is 0.160. The van der Waals surface area contributed by atoms with Crippen LogP contribution in [0.25, 0.3) is 12.2 Å². The summed E-state index contributed by atoms with van der Waals surface area (Å²) in [6.07, 6.45) is 8.33. The van der Waals surface area contributed by atoms with E-state index < -0.39 is 0 Å². The van der Waals surface area contributed by atoms with Gasteiger partial charge in [-0.25, -0.2) is 0 Å². The summed E-state index contributed by atoms with van der Waals surface area (Å²) < 4.78 is 0. The summed E-state index contributed by atoms with van der Waals surface area (Å²) >= 11 is 0. The van der Waals surface area contributed by atoms with Gasteiger partial charge >= 0.3 is 0 Å². The first-order valence-corrected chi connectivity index (χ1v) is 10.6. The number of hydrogen-bond acceptors (Lipinski definition) is 0. The van der Waals surface area contributed by atoms with Crippen LogP contribution in [0.5, 0.6) is 0 Å². The summed E-state index contributed by atoms with van der Waals surface area (Å²) in [7, 11) is 0. The fourth-order valence-corrected chi connectivity index (χ4v) is 4.31. The molecule has 4 bridgehead atoms. The molecule has 1 aliphatic carbocycles. The van der Waals surface area contributed by atoms with Crippen molar-refractivity contribution in [2.45, 2.75) is 78.1 Å². The monoisotopic (exact) mass is 372 g/mol. The Kier molecular flexibility index (Phi) is 5.45. The molecule has 0 heteroatoms. The van der Waals surface area contributed by atoms with Gasteiger partial charge in [0.2, 0.25) is 0 Å². The normalized spacial score (nSPS) is 14.5. The Morgan fingerprint density at radius 1 is 0.571 bits per heavy atom. The van der Waals surface area contributed by atoms with Crippen molar-refractivity contribution in [2.75, 3.05) is 0 Å². The lowest BCUT2D eigenvalue weighted by molar-refractivity contribution is 0.585. The van der Waals surface area contributed by atoms with Crippen molar-refractivity contribution >= 4 is 12.2 Å². The average molecular weight is 373 g/mol. The van der Waals surface area contributed by atoms with Gasteiger partial charge in [0.1, 0.15) is 0 Å². The molecule has 0 fully saturated rings. The molecule has 148 valence electrons. The quantitative estimate of drug-likeness (QED) is 0.513. The van der Waals surface area contributed by atoms with Crippen LogP contribution in [0.3, 0.4) is 0 Å². The molecule has 2 aromatic carbocycles. The molecule has 0 aliphatic heterocycles. The molecule has 0 spiro atoms. The van der Waals surface area contributed by atoms with Crippen molar-refractivity contribution in [3.63, 3.8) is 0 Å². The molecule has 0 N–H and O–H groups in total. The largest absolute Gasteiger partial charge is 0.0984 e. The second-order valence-corrected chi connectivity index (χ2v) is 10.3. The van der Waals surface area contributed by atoms with Crippen LogP contribution in [0.1, 0.15) is 86.1 Å². The third-order valence-corrected chi connectivity index (χ3v) is 6.17. The van der Waals surface area contributed by atoms with Gasteiger partial charge in [-0.1, -0.05) is 91.1 Å². The SMILES string of the molecule is C=Cc1c2cc(C(C)(C)C)cc1CCc1cc(C(C)(C)C)cc(c1C=C)CC2. The third kappa shape index (κ3) is 4.02. The molecule has 3 rings (SSSR count). The van der Waals surface area contributed by atoms with Gasteiger partial charge in [0.15, 0.2) is 0 Å². The predicted molar refractivity (Wildman–Crippen MR) is 125 cm³/mol. The summed E-state index contributed by atoms with van der Waals surface area (Å²) in [5.74, 6) is 0. The Bertz CT molecular complexity index is 783. The van der Waals surface area contributed by atoms with E-state index >= 15 is 0 Å². The molecule has 2 aromatic rings. The molecule has 0 radical (unpaired) electrons. The number of fused-ring (bicyclic) bond motifs is 4. The van der Waals surface area contributed by atoms with Crippen LogP contribution in [-0.4, -0.2) is 0 Å². The molecule has 0 heterocycles. The zero-order valence-corrected chi connectivity index (χ0v) is 18.7. The van der Waals surface area contributed by atoms with E-state index in [1.54, 1.807) is 0 Å². The van der Waals surface area contributed by atoms with Gasteiger partial charge < -0.3 is 0 Å². The second-order valence-electron chi connectivity index (χ2n) is 10.3. The Balaban J connectivity index is 2.18. The van der Waals surface area contributed by atoms with E-state index in [-0.39, 0.29) is 10.8 Å². The summed E-state index contributed by atoms with van der Waals surface area (Å²) in [6, 6.07) is 9.68. The highest BCUT2D eigenvalue weighted by atomic mass is 14.3. The van der Waals surface area contributed by atoms with E-state index in [2.05, 4.69) is 91.1 Å². The molecule has 28 heavy (non-hydrogen) atoms. The van der Waals surface area contributed by atoms with Crippen LogP contribution in [0.4, 0.5) is 0 Å². The smallest absolute Gasteiger partial charge is 0.0132 e. The standard InChI is InChI=1S/C28H36/c1-9-25-19-11-13-21-17-24(28(6,7)8)18-22(26(21)10-2)14-12-20(25)16-23(15-19)27(3,4)5/h9-10,15-18H,1-2,11-14H2,3-8H3. The molecule has 0 saturated heterocycles. The maximum absolute atomic E-state index is 4.15. The van der Waals surface area contributed by atoms with E-state index in [0.29, 0.717) is 0 Å². The fourth-order valence-electron chi connectivity index (χ4n) is 4.31.